The number of esters is 1. The quantitative estimate of drug-likeness (QED) is 0.853. The van der Waals surface area contributed by atoms with Crippen molar-refractivity contribution < 1.29 is 18.7 Å². The fourth-order valence-corrected chi connectivity index (χ4v) is 2.07. The van der Waals surface area contributed by atoms with Crippen molar-refractivity contribution in [1.29, 1.82) is 0 Å². The molecule has 1 N–H and O–H groups in total. The molecule has 6 heteroatoms. The number of rotatable bonds is 5. The van der Waals surface area contributed by atoms with Gasteiger partial charge in [0.1, 0.15) is 5.82 Å². The number of ether oxygens (including phenoxy) is 1. The van der Waals surface area contributed by atoms with Gasteiger partial charge >= 0.3 is 5.97 Å². The Hall–Kier alpha value is -2.40. The van der Waals surface area contributed by atoms with Crippen LogP contribution in [0.4, 0.5) is 4.39 Å². The van der Waals surface area contributed by atoms with Gasteiger partial charge in [-0.25, -0.2) is 9.18 Å². The lowest BCUT2D eigenvalue weighted by atomic mass is 10.2. The van der Waals surface area contributed by atoms with Gasteiger partial charge in [0.05, 0.1) is 5.56 Å². The number of benzene rings is 2. The lowest BCUT2D eigenvalue weighted by Crippen LogP contribution is -2.35. The molecule has 1 atom stereocenters. The number of carbonyl (C=O) groups is 2. The lowest BCUT2D eigenvalue weighted by Gasteiger charge is -2.14. The van der Waals surface area contributed by atoms with Gasteiger partial charge in [0.25, 0.3) is 5.91 Å². The average Bonchev–Trinajstić information content (AvgIpc) is 2.54. The summed E-state index contributed by atoms with van der Waals surface area (Å²) in [7, 11) is 0. The molecule has 1 amide bonds. The summed E-state index contributed by atoms with van der Waals surface area (Å²) in [5, 5.41) is 3.15. The fourth-order valence-electron chi connectivity index (χ4n) is 1.87. The third-order valence-electron chi connectivity index (χ3n) is 3.16. The van der Waals surface area contributed by atoms with Crippen LogP contribution in [0.2, 0.25) is 5.02 Å². The van der Waals surface area contributed by atoms with E-state index in [-0.39, 0.29) is 12.1 Å². The van der Waals surface area contributed by atoms with E-state index in [0.29, 0.717) is 5.02 Å². The molecule has 4 nitrogen and oxygen atoms in total. The molecule has 0 radical (unpaired) electrons. The molecule has 0 spiro atoms. The van der Waals surface area contributed by atoms with E-state index in [1.807, 2.05) is 0 Å². The van der Waals surface area contributed by atoms with Crippen molar-refractivity contribution in [3.8, 4) is 0 Å². The number of amides is 1. The van der Waals surface area contributed by atoms with E-state index in [1.165, 1.54) is 25.1 Å². The SMILES string of the molecule is C[C@@H](OC(=O)c1ccccc1F)C(=O)NCc1ccccc1Cl. The summed E-state index contributed by atoms with van der Waals surface area (Å²) in [6.45, 7) is 1.63. The third kappa shape index (κ3) is 4.53. The topological polar surface area (TPSA) is 55.4 Å². The Kier molecular flexibility index (Phi) is 5.71. The third-order valence-corrected chi connectivity index (χ3v) is 3.53. The van der Waals surface area contributed by atoms with E-state index in [4.69, 9.17) is 16.3 Å². The van der Waals surface area contributed by atoms with Gasteiger partial charge in [-0.3, -0.25) is 4.79 Å². The zero-order chi connectivity index (χ0) is 16.8. The molecule has 0 saturated carbocycles. The highest BCUT2D eigenvalue weighted by molar-refractivity contribution is 6.31. The van der Waals surface area contributed by atoms with Crippen LogP contribution in [0, 0.1) is 5.82 Å². The molecule has 0 aliphatic heterocycles. The van der Waals surface area contributed by atoms with E-state index < -0.39 is 23.8 Å². The van der Waals surface area contributed by atoms with Crippen molar-refractivity contribution in [3.05, 3.63) is 70.5 Å². The minimum Gasteiger partial charge on any atom is -0.449 e. The zero-order valence-electron chi connectivity index (χ0n) is 12.4. The Balaban J connectivity index is 1.91. The Labute approximate surface area is 138 Å². The number of hydrogen-bond donors (Lipinski definition) is 1. The fraction of sp³-hybridized carbons (Fsp3) is 0.176. The molecular weight excluding hydrogens is 321 g/mol. The first kappa shape index (κ1) is 17.0. The van der Waals surface area contributed by atoms with Crippen LogP contribution in [0.15, 0.2) is 48.5 Å². The van der Waals surface area contributed by atoms with Crippen LogP contribution in [0.1, 0.15) is 22.8 Å². The summed E-state index contributed by atoms with van der Waals surface area (Å²) >= 11 is 5.99. The molecule has 2 rings (SSSR count). The van der Waals surface area contributed by atoms with Crippen molar-refractivity contribution in [2.45, 2.75) is 19.6 Å². The van der Waals surface area contributed by atoms with E-state index >= 15 is 0 Å². The van der Waals surface area contributed by atoms with Gasteiger partial charge in [0.2, 0.25) is 0 Å². The van der Waals surface area contributed by atoms with Crippen LogP contribution in [0.25, 0.3) is 0 Å². The molecule has 0 aromatic heterocycles. The van der Waals surface area contributed by atoms with Gasteiger partial charge in [-0.1, -0.05) is 41.9 Å². The lowest BCUT2D eigenvalue weighted by molar-refractivity contribution is -0.129. The highest BCUT2D eigenvalue weighted by Crippen LogP contribution is 2.14. The zero-order valence-corrected chi connectivity index (χ0v) is 13.1. The Bertz CT molecular complexity index is 720. The van der Waals surface area contributed by atoms with Crippen molar-refractivity contribution in [1.82, 2.24) is 5.32 Å². The number of carbonyl (C=O) groups excluding carboxylic acids is 2. The molecule has 0 aliphatic carbocycles. The second-order valence-electron chi connectivity index (χ2n) is 4.84. The monoisotopic (exact) mass is 335 g/mol. The number of hydrogen-bond acceptors (Lipinski definition) is 3. The molecule has 0 heterocycles. The maximum atomic E-state index is 13.5. The summed E-state index contributed by atoms with van der Waals surface area (Å²) in [5.41, 5.74) is 0.536. The van der Waals surface area contributed by atoms with Crippen LogP contribution in [-0.4, -0.2) is 18.0 Å². The number of nitrogens with one attached hydrogen (secondary N) is 1. The molecule has 23 heavy (non-hydrogen) atoms. The smallest absolute Gasteiger partial charge is 0.341 e. The van der Waals surface area contributed by atoms with Crippen LogP contribution in [0.3, 0.4) is 0 Å². The van der Waals surface area contributed by atoms with E-state index in [9.17, 15) is 14.0 Å². The van der Waals surface area contributed by atoms with E-state index in [0.717, 1.165) is 11.6 Å². The molecule has 120 valence electrons. The second kappa shape index (κ2) is 7.74. The molecule has 2 aromatic rings. The standard InChI is InChI=1S/C17H15ClFNO3/c1-11(23-17(22)13-7-3-5-9-15(13)19)16(21)20-10-12-6-2-4-8-14(12)18/h2-9,11H,10H2,1H3,(H,20,21)/t11-/m1/s1. The van der Waals surface area contributed by atoms with Gasteiger partial charge < -0.3 is 10.1 Å². The number of halogens is 2. The van der Waals surface area contributed by atoms with Crippen molar-refractivity contribution >= 4 is 23.5 Å². The molecule has 2 aromatic carbocycles. The second-order valence-corrected chi connectivity index (χ2v) is 5.24. The van der Waals surface area contributed by atoms with Crippen LogP contribution in [-0.2, 0) is 16.1 Å². The van der Waals surface area contributed by atoms with Crippen molar-refractivity contribution in [2.75, 3.05) is 0 Å². The summed E-state index contributed by atoms with van der Waals surface area (Å²) in [6.07, 6.45) is -1.05. The first-order chi connectivity index (χ1) is 11.0. The Morgan fingerprint density at radius 3 is 2.52 bits per heavy atom. The Morgan fingerprint density at radius 2 is 1.83 bits per heavy atom. The molecule has 0 saturated heterocycles. The van der Waals surface area contributed by atoms with Gasteiger partial charge in [-0.15, -0.1) is 0 Å². The van der Waals surface area contributed by atoms with Crippen molar-refractivity contribution in [2.24, 2.45) is 0 Å². The predicted molar refractivity (Wildman–Crippen MR) is 84.6 cm³/mol. The van der Waals surface area contributed by atoms with Gasteiger partial charge in [0, 0.05) is 11.6 Å². The first-order valence-electron chi connectivity index (χ1n) is 6.95. The van der Waals surface area contributed by atoms with E-state index in [2.05, 4.69) is 5.32 Å². The van der Waals surface area contributed by atoms with Crippen molar-refractivity contribution in [3.63, 3.8) is 0 Å². The minimum atomic E-state index is -1.05. The predicted octanol–water partition coefficient (Wildman–Crippen LogP) is 3.34. The summed E-state index contributed by atoms with van der Waals surface area (Å²) in [5.74, 6) is -2.07. The van der Waals surface area contributed by atoms with Crippen LogP contribution in [0.5, 0.6) is 0 Å². The molecule has 0 fully saturated rings. The maximum Gasteiger partial charge on any atom is 0.341 e. The summed E-state index contributed by atoms with van der Waals surface area (Å²) in [4.78, 5) is 23.8. The molecule has 0 unspecified atom stereocenters. The van der Waals surface area contributed by atoms with Gasteiger partial charge in [-0.05, 0) is 30.7 Å². The van der Waals surface area contributed by atoms with Gasteiger partial charge in [0.15, 0.2) is 6.10 Å². The van der Waals surface area contributed by atoms with Gasteiger partial charge in [-0.2, -0.15) is 0 Å². The van der Waals surface area contributed by atoms with Crippen LogP contribution >= 0.6 is 11.6 Å². The maximum absolute atomic E-state index is 13.5. The minimum absolute atomic E-state index is 0.208. The summed E-state index contributed by atoms with van der Waals surface area (Å²) in [6, 6.07) is 12.5. The highest BCUT2D eigenvalue weighted by atomic mass is 35.5. The first-order valence-corrected chi connectivity index (χ1v) is 7.33. The largest absolute Gasteiger partial charge is 0.449 e. The molecule has 0 aliphatic rings. The van der Waals surface area contributed by atoms with E-state index in [1.54, 1.807) is 24.3 Å². The average molecular weight is 336 g/mol. The Morgan fingerprint density at radius 1 is 1.17 bits per heavy atom. The summed E-state index contributed by atoms with van der Waals surface area (Å²) < 4.78 is 18.5. The normalized spacial score (nSPS) is 11.6. The van der Waals surface area contributed by atoms with Crippen LogP contribution < -0.4 is 5.32 Å². The molecule has 0 bridgehead atoms. The highest BCUT2D eigenvalue weighted by Gasteiger charge is 2.20. The molecular formula is C17H15ClFNO3.